The lowest BCUT2D eigenvalue weighted by Gasteiger charge is -2.43. The summed E-state index contributed by atoms with van der Waals surface area (Å²) in [4.78, 5) is 37.7. The van der Waals surface area contributed by atoms with Crippen molar-refractivity contribution in [3.05, 3.63) is 12.2 Å². The molecule has 1 saturated heterocycles. The molecule has 112 valence electrons. The Kier molecular flexibility index (Phi) is 2.60. The number of aliphatic carboxylic acids is 1. The molecule has 5 nitrogen and oxygen atoms in total. The molecule has 1 heterocycles. The van der Waals surface area contributed by atoms with Crippen LogP contribution in [0.25, 0.3) is 0 Å². The van der Waals surface area contributed by atoms with Crippen LogP contribution in [0.5, 0.6) is 0 Å². The molecule has 4 rings (SSSR count). The van der Waals surface area contributed by atoms with E-state index in [0.717, 1.165) is 25.7 Å². The number of carboxylic acid groups (broad SMARTS) is 1. The number of nitrogens with zero attached hydrogens (tertiary/aromatic N) is 1. The Morgan fingerprint density at radius 3 is 2.19 bits per heavy atom. The highest BCUT2D eigenvalue weighted by Crippen LogP contribution is 2.54. The van der Waals surface area contributed by atoms with Crippen molar-refractivity contribution in [2.45, 2.75) is 32.1 Å². The fourth-order valence-corrected chi connectivity index (χ4v) is 4.84. The molecule has 1 aliphatic heterocycles. The molecule has 5 heteroatoms. The predicted molar refractivity (Wildman–Crippen MR) is 73.0 cm³/mol. The number of hydrogen-bond donors (Lipinski definition) is 1. The number of carboxylic acids is 1. The first kappa shape index (κ1) is 13.0. The van der Waals surface area contributed by atoms with Gasteiger partial charge in [0.15, 0.2) is 0 Å². The number of hydrogen-bond acceptors (Lipinski definition) is 3. The number of carbonyl (C=O) groups excluding carboxylic acids is 2. The molecule has 0 spiro atoms. The minimum absolute atomic E-state index is 0.0569. The Bertz CT molecular complexity index is 533. The van der Waals surface area contributed by atoms with Crippen molar-refractivity contribution in [2.24, 2.45) is 29.1 Å². The summed E-state index contributed by atoms with van der Waals surface area (Å²) in [5, 5.41) is 9.08. The molecule has 4 atom stereocenters. The first-order valence-corrected chi connectivity index (χ1v) is 7.76. The number of carbonyl (C=O) groups is 3. The molecule has 0 aromatic rings. The van der Waals surface area contributed by atoms with Crippen LogP contribution in [0.1, 0.15) is 32.1 Å². The molecule has 2 saturated carbocycles. The fraction of sp³-hybridized carbons (Fsp3) is 0.688. The Hall–Kier alpha value is -1.65. The van der Waals surface area contributed by atoms with E-state index in [4.69, 9.17) is 5.11 Å². The van der Waals surface area contributed by atoms with Crippen LogP contribution >= 0.6 is 0 Å². The summed E-state index contributed by atoms with van der Waals surface area (Å²) in [5.74, 6) is -0.854. The first-order chi connectivity index (χ1) is 10.0. The number of amides is 2. The molecule has 0 aromatic heterocycles. The van der Waals surface area contributed by atoms with Crippen LogP contribution in [-0.2, 0) is 14.4 Å². The minimum Gasteiger partial charge on any atom is -0.481 e. The van der Waals surface area contributed by atoms with E-state index in [2.05, 4.69) is 12.2 Å². The average molecular weight is 289 g/mol. The zero-order valence-electron chi connectivity index (χ0n) is 11.8. The lowest BCUT2D eigenvalue weighted by atomic mass is 9.66. The first-order valence-electron chi connectivity index (χ1n) is 7.76. The van der Waals surface area contributed by atoms with Gasteiger partial charge in [-0.15, -0.1) is 0 Å². The second-order valence-electron chi connectivity index (χ2n) is 7.19. The molecular formula is C16H19NO4. The quantitative estimate of drug-likeness (QED) is 0.627. The Labute approximate surface area is 123 Å². The smallest absolute Gasteiger partial charge is 0.303 e. The fourth-order valence-electron chi connectivity index (χ4n) is 4.84. The van der Waals surface area contributed by atoms with Crippen LogP contribution in [-0.4, -0.2) is 34.3 Å². The molecule has 1 N–H and O–H groups in total. The standard InChI is InChI=1S/C16H19NO4/c18-11(19)7-16(4-1-5-16)8-17-14(20)12-9-2-3-10(6-9)13(12)15(17)21/h2-3,9-10,12-13H,1,4-8H2,(H,18,19). The summed E-state index contributed by atoms with van der Waals surface area (Å²) in [6.45, 7) is 0.309. The number of imide groups is 1. The van der Waals surface area contributed by atoms with Gasteiger partial charge < -0.3 is 5.11 Å². The predicted octanol–water partition coefficient (Wildman–Crippen LogP) is 1.44. The average Bonchev–Trinajstić information content (AvgIpc) is 3.04. The van der Waals surface area contributed by atoms with Crippen LogP contribution < -0.4 is 0 Å². The van der Waals surface area contributed by atoms with Gasteiger partial charge in [-0.25, -0.2) is 0 Å². The number of rotatable bonds is 4. The van der Waals surface area contributed by atoms with Gasteiger partial charge in [-0.1, -0.05) is 18.6 Å². The van der Waals surface area contributed by atoms with E-state index < -0.39 is 5.97 Å². The van der Waals surface area contributed by atoms with Gasteiger partial charge >= 0.3 is 5.97 Å². The summed E-state index contributed by atoms with van der Waals surface area (Å²) in [7, 11) is 0. The lowest BCUT2D eigenvalue weighted by Crippen LogP contribution is -2.46. The van der Waals surface area contributed by atoms with Gasteiger partial charge in [0, 0.05) is 6.54 Å². The summed E-state index contributed by atoms with van der Waals surface area (Å²) in [6.07, 6.45) is 7.75. The van der Waals surface area contributed by atoms with Crippen LogP contribution in [0.15, 0.2) is 12.2 Å². The summed E-state index contributed by atoms with van der Waals surface area (Å²) >= 11 is 0. The van der Waals surface area contributed by atoms with Gasteiger partial charge in [-0.2, -0.15) is 0 Å². The maximum absolute atomic E-state index is 12.6. The van der Waals surface area contributed by atoms with E-state index in [1.165, 1.54) is 4.90 Å². The van der Waals surface area contributed by atoms with Crippen molar-refractivity contribution in [3.8, 4) is 0 Å². The maximum atomic E-state index is 12.6. The van der Waals surface area contributed by atoms with Gasteiger partial charge in [-0.05, 0) is 36.5 Å². The maximum Gasteiger partial charge on any atom is 0.303 e. The third-order valence-corrected chi connectivity index (χ3v) is 6.00. The number of allylic oxidation sites excluding steroid dienone is 2. The SMILES string of the molecule is O=C(O)CC1(CN2C(=O)C3C4C=CC(C4)C3C2=O)CCC1. The normalized spacial score (nSPS) is 38.8. The van der Waals surface area contributed by atoms with Gasteiger partial charge in [0.25, 0.3) is 0 Å². The molecule has 4 unspecified atom stereocenters. The molecular weight excluding hydrogens is 270 g/mol. The molecule has 2 bridgehead atoms. The highest BCUT2D eigenvalue weighted by atomic mass is 16.4. The zero-order valence-corrected chi connectivity index (χ0v) is 11.8. The van der Waals surface area contributed by atoms with E-state index in [9.17, 15) is 14.4 Å². The number of fused-ring (bicyclic) bond motifs is 5. The van der Waals surface area contributed by atoms with Crippen molar-refractivity contribution in [3.63, 3.8) is 0 Å². The second kappa shape index (κ2) is 4.18. The monoisotopic (exact) mass is 289 g/mol. The van der Waals surface area contributed by atoms with Crippen LogP contribution in [0, 0.1) is 29.1 Å². The van der Waals surface area contributed by atoms with Gasteiger partial charge in [-0.3, -0.25) is 19.3 Å². The molecule has 0 radical (unpaired) electrons. The van der Waals surface area contributed by atoms with E-state index in [1.54, 1.807) is 0 Å². The highest BCUT2D eigenvalue weighted by molar-refractivity contribution is 6.06. The van der Waals surface area contributed by atoms with Gasteiger partial charge in [0.2, 0.25) is 11.8 Å². The Morgan fingerprint density at radius 1 is 1.19 bits per heavy atom. The van der Waals surface area contributed by atoms with E-state index in [1.807, 2.05) is 0 Å². The molecule has 3 fully saturated rings. The van der Waals surface area contributed by atoms with Crippen molar-refractivity contribution in [2.75, 3.05) is 6.54 Å². The highest BCUT2D eigenvalue weighted by Gasteiger charge is 2.60. The van der Waals surface area contributed by atoms with Gasteiger partial charge in [0.1, 0.15) is 0 Å². The van der Waals surface area contributed by atoms with Crippen molar-refractivity contribution in [1.29, 1.82) is 0 Å². The van der Waals surface area contributed by atoms with E-state index in [0.29, 0.717) is 6.54 Å². The van der Waals surface area contributed by atoms with E-state index in [-0.39, 0.29) is 47.3 Å². The van der Waals surface area contributed by atoms with Crippen molar-refractivity contribution in [1.82, 2.24) is 4.90 Å². The van der Waals surface area contributed by atoms with E-state index >= 15 is 0 Å². The minimum atomic E-state index is -0.837. The zero-order chi connectivity index (χ0) is 14.8. The Morgan fingerprint density at radius 2 is 1.76 bits per heavy atom. The number of likely N-dealkylation sites (tertiary alicyclic amines) is 1. The van der Waals surface area contributed by atoms with Crippen molar-refractivity contribution >= 4 is 17.8 Å². The summed E-state index contributed by atoms with van der Waals surface area (Å²) in [5.41, 5.74) is -0.373. The van der Waals surface area contributed by atoms with Crippen LogP contribution in [0.4, 0.5) is 0 Å². The summed E-state index contributed by atoms with van der Waals surface area (Å²) < 4.78 is 0. The lowest BCUT2D eigenvalue weighted by molar-refractivity contribution is -0.149. The summed E-state index contributed by atoms with van der Waals surface area (Å²) in [6, 6.07) is 0. The topological polar surface area (TPSA) is 74.7 Å². The Balaban J connectivity index is 1.56. The molecule has 21 heavy (non-hydrogen) atoms. The van der Waals surface area contributed by atoms with Gasteiger partial charge in [0.05, 0.1) is 18.3 Å². The van der Waals surface area contributed by atoms with Crippen molar-refractivity contribution < 1.29 is 19.5 Å². The largest absolute Gasteiger partial charge is 0.481 e. The molecule has 0 aromatic carbocycles. The van der Waals surface area contributed by atoms with Crippen LogP contribution in [0.2, 0.25) is 0 Å². The second-order valence-corrected chi connectivity index (χ2v) is 7.19. The molecule has 2 amide bonds. The third kappa shape index (κ3) is 1.72. The molecule has 4 aliphatic rings. The molecule has 3 aliphatic carbocycles. The van der Waals surface area contributed by atoms with Crippen LogP contribution in [0.3, 0.4) is 0 Å². The third-order valence-electron chi connectivity index (χ3n) is 6.00.